The van der Waals surface area contributed by atoms with Gasteiger partial charge < -0.3 is 15.0 Å². The predicted molar refractivity (Wildman–Crippen MR) is 71.3 cm³/mol. The SMILES string of the molecule is CCNCC1CCN(CC2(CCOC)CC2)C1. The molecule has 0 aromatic rings. The summed E-state index contributed by atoms with van der Waals surface area (Å²) in [6.45, 7) is 9.38. The van der Waals surface area contributed by atoms with Gasteiger partial charge in [0.25, 0.3) is 0 Å². The van der Waals surface area contributed by atoms with Gasteiger partial charge in [0, 0.05) is 26.8 Å². The van der Waals surface area contributed by atoms with Crippen molar-refractivity contribution >= 4 is 0 Å². The zero-order valence-electron chi connectivity index (χ0n) is 11.5. The lowest BCUT2D eigenvalue weighted by Crippen LogP contribution is -2.31. The van der Waals surface area contributed by atoms with Gasteiger partial charge >= 0.3 is 0 Å². The Hall–Kier alpha value is -0.120. The van der Waals surface area contributed by atoms with Crippen LogP contribution >= 0.6 is 0 Å². The van der Waals surface area contributed by atoms with E-state index in [0.717, 1.165) is 19.1 Å². The summed E-state index contributed by atoms with van der Waals surface area (Å²) in [6.07, 6.45) is 5.49. The molecular weight excluding hydrogens is 212 g/mol. The van der Waals surface area contributed by atoms with Gasteiger partial charge in [-0.25, -0.2) is 0 Å². The topological polar surface area (TPSA) is 24.5 Å². The Morgan fingerprint density at radius 1 is 1.41 bits per heavy atom. The van der Waals surface area contributed by atoms with Crippen LogP contribution in [0.1, 0.15) is 32.6 Å². The summed E-state index contributed by atoms with van der Waals surface area (Å²) in [6, 6.07) is 0. The van der Waals surface area contributed by atoms with Gasteiger partial charge in [-0.15, -0.1) is 0 Å². The Kier molecular flexibility index (Phi) is 4.83. The Balaban J connectivity index is 1.67. The predicted octanol–water partition coefficient (Wildman–Crippen LogP) is 1.73. The summed E-state index contributed by atoms with van der Waals surface area (Å²) in [4.78, 5) is 2.69. The molecule has 1 atom stereocenters. The van der Waals surface area contributed by atoms with E-state index in [0.29, 0.717) is 5.41 Å². The lowest BCUT2D eigenvalue weighted by atomic mass is 10.0. The molecule has 2 rings (SSSR count). The van der Waals surface area contributed by atoms with Crippen LogP contribution in [0.3, 0.4) is 0 Å². The molecule has 1 heterocycles. The zero-order valence-corrected chi connectivity index (χ0v) is 11.5. The maximum absolute atomic E-state index is 5.23. The first-order chi connectivity index (χ1) is 8.28. The Labute approximate surface area is 106 Å². The van der Waals surface area contributed by atoms with Crippen LogP contribution in [0.25, 0.3) is 0 Å². The minimum atomic E-state index is 0.628. The van der Waals surface area contributed by atoms with E-state index in [-0.39, 0.29) is 0 Å². The number of rotatable bonds is 8. The van der Waals surface area contributed by atoms with Gasteiger partial charge in [-0.1, -0.05) is 6.92 Å². The molecule has 1 saturated heterocycles. The van der Waals surface area contributed by atoms with Gasteiger partial charge in [0.05, 0.1) is 0 Å². The van der Waals surface area contributed by atoms with Crippen molar-refractivity contribution in [3.05, 3.63) is 0 Å². The lowest BCUT2D eigenvalue weighted by molar-refractivity contribution is 0.154. The highest BCUT2D eigenvalue weighted by molar-refractivity contribution is 4.96. The Morgan fingerprint density at radius 3 is 2.88 bits per heavy atom. The third-order valence-electron chi connectivity index (χ3n) is 4.41. The summed E-state index contributed by atoms with van der Waals surface area (Å²) < 4.78 is 5.23. The van der Waals surface area contributed by atoms with Gasteiger partial charge in [-0.2, -0.15) is 0 Å². The second-order valence-corrected chi connectivity index (χ2v) is 5.94. The van der Waals surface area contributed by atoms with E-state index >= 15 is 0 Å². The van der Waals surface area contributed by atoms with Crippen LogP contribution in [0.2, 0.25) is 0 Å². The lowest BCUT2D eigenvalue weighted by Gasteiger charge is -2.23. The number of methoxy groups -OCH3 is 1. The first kappa shape index (κ1) is 13.3. The number of nitrogens with zero attached hydrogens (tertiary/aromatic N) is 1. The highest BCUT2D eigenvalue weighted by Gasteiger charge is 2.44. The van der Waals surface area contributed by atoms with Crippen molar-refractivity contribution in [3.63, 3.8) is 0 Å². The Bertz CT molecular complexity index is 228. The quantitative estimate of drug-likeness (QED) is 0.699. The maximum Gasteiger partial charge on any atom is 0.0468 e. The van der Waals surface area contributed by atoms with Crippen molar-refractivity contribution in [2.75, 3.05) is 46.4 Å². The summed E-state index contributed by atoms with van der Waals surface area (Å²) >= 11 is 0. The monoisotopic (exact) mass is 240 g/mol. The standard InChI is InChI=1S/C14H28N2O/c1-3-15-10-13-4-8-16(11-13)12-14(5-6-14)7-9-17-2/h13,15H,3-12H2,1-2H3. The maximum atomic E-state index is 5.23. The second kappa shape index (κ2) is 6.17. The molecule has 17 heavy (non-hydrogen) atoms. The smallest absolute Gasteiger partial charge is 0.0468 e. The van der Waals surface area contributed by atoms with Crippen LogP contribution in [0, 0.1) is 11.3 Å². The Morgan fingerprint density at radius 2 is 2.24 bits per heavy atom. The highest BCUT2D eigenvalue weighted by atomic mass is 16.5. The van der Waals surface area contributed by atoms with Gasteiger partial charge in [0.1, 0.15) is 0 Å². The molecule has 1 unspecified atom stereocenters. The van der Waals surface area contributed by atoms with Crippen LogP contribution in [0.5, 0.6) is 0 Å². The van der Waals surface area contributed by atoms with Crippen molar-refractivity contribution < 1.29 is 4.74 Å². The van der Waals surface area contributed by atoms with Gasteiger partial charge in [-0.05, 0) is 56.7 Å². The molecule has 0 spiro atoms. The molecule has 3 heteroatoms. The van der Waals surface area contributed by atoms with Crippen LogP contribution in [0.4, 0.5) is 0 Å². The van der Waals surface area contributed by atoms with Gasteiger partial charge in [0.2, 0.25) is 0 Å². The third-order valence-corrected chi connectivity index (χ3v) is 4.41. The van der Waals surface area contributed by atoms with Crippen LogP contribution in [0.15, 0.2) is 0 Å². The molecule has 3 nitrogen and oxygen atoms in total. The normalized spacial score (nSPS) is 27.5. The van der Waals surface area contributed by atoms with E-state index in [1.54, 1.807) is 0 Å². The molecule has 0 aromatic heterocycles. The molecule has 0 aromatic carbocycles. The molecule has 100 valence electrons. The fraction of sp³-hybridized carbons (Fsp3) is 1.00. The number of likely N-dealkylation sites (tertiary alicyclic amines) is 1. The van der Waals surface area contributed by atoms with E-state index in [1.165, 1.54) is 51.9 Å². The third kappa shape index (κ3) is 3.94. The van der Waals surface area contributed by atoms with Crippen LogP contribution in [-0.4, -0.2) is 51.3 Å². The number of hydrogen-bond acceptors (Lipinski definition) is 3. The molecule has 1 aliphatic heterocycles. The van der Waals surface area contributed by atoms with Crippen LogP contribution in [-0.2, 0) is 4.74 Å². The van der Waals surface area contributed by atoms with Crippen molar-refractivity contribution in [3.8, 4) is 0 Å². The van der Waals surface area contributed by atoms with Crippen molar-refractivity contribution in [2.24, 2.45) is 11.3 Å². The van der Waals surface area contributed by atoms with Crippen molar-refractivity contribution in [1.29, 1.82) is 0 Å². The van der Waals surface area contributed by atoms with Gasteiger partial charge in [0.15, 0.2) is 0 Å². The summed E-state index contributed by atoms with van der Waals surface area (Å²) in [5.74, 6) is 0.883. The average molecular weight is 240 g/mol. The van der Waals surface area contributed by atoms with Crippen LogP contribution < -0.4 is 5.32 Å². The fourth-order valence-corrected chi connectivity index (χ4v) is 3.03. The van der Waals surface area contributed by atoms with E-state index in [9.17, 15) is 0 Å². The van der Waals surface area contributed by atoms with Gasteiger partial charge in [-0.3, -0.25) is 0 Å². The average Bonchev–Trinajstić information content (AvgIpc) is 2.95. The number of hydrogen-bond donors (Lipinski definition) is 1. The second-order valence-electron chi connectivity index (χ2n) is 5.94. The minimum absolute atomic E-state index is 0.628. The molecule has 0 amide bonds. The molecule has 2 fully saturated rings. The first-order valence-electron chi connectivity index (χ1n) is 7.20. The molecule has 1 N–H and O–H groups in total. The minimum Gasteiger partial charge on any atom is -0.385 e. The summed E-state index contributed by atoms with van der Waals surface area (Å²) in [5.41, 5.74) is 0.628. The van der Waals surface area contributed by atoms with E-state index in [1.807, 2.05) is 7.11 Å². The highest BCUT2D eigenvalue weighted by Crippen LogP contribution is 2.49. The van der Waals surface area contributed by atoms with E-state index in [2.05, 4.69) is 17.1 Å². The van der Waals surface area contributed by atoms with E-state index in [4.69, 9.17) is 4.74 Å². The largest absolute Gasteiger partial charge is 0.385 e. The van der Waals surface area contributed by atoms with Crippen molar-refractivity contribution in [2.45, 2.75) is 32.6 Å². The molecule has 1 saturated carbocycles. The van der Waals surface area contributed by atoms with E-state index < -0.39 is 0 Å². The molecule has 0 bridgehead atoms. The molecule has 0 radical (unpaired) electrons. The molecule has 1 aliphatic carbocycles. The van der Waals surface area contributed by atoms with Crippen molar-refractivity contribution in [1.82, 2.24) is 10.2 Å². The summed E-state index contributed by atoms with van der Waals surface area (Å²) in [5, 5.41) is 3.48. The zero-order chi connectivity index (χ0) is 12.1. The molecule has 2 aliphatic rings. The number of ether oxygens (including phenoxy) is 1. The molecular formula is C14H28N2O. The number of nitrogens with one attached hydrogen (secondary N) is 1. The fourth-order valence-electron chi connectivity index (χ4n) is 3.03. The summed E-state index contributed by atoms with van der Waals surface area (Å²) in [7, 11) is 1.82. The first-order valence-corrected chi connectivity index (χ1v) is 7.20.